The third-order valence-electron chi connectivity index (χ3n) is 12.2. The predicted octanol–water partition coefficient (Wildman–Crippen LogP) is 11.6. The van der Waals surface area contributed by atoms with Gasteiger partial charge < -0.3 is 12.5 Å². The molecular formula is C36H51Cl9O9S3. The maximum absolute atomic E-state index is 14.7. The van der Waals surface area contributed by atoms with Crippen molar-refractivity contribution in [1.82, 2.24) is 0 Å². The third-order valence-corrected chi connectivity index (χ3v) is 24.2. The summed E-state index contributed by atoms with van der Waals surface area (Å²) in [5.41, 5.74) is 0. The number of hydrogen-bond donors (Lipinski definition) is 0. The second-order valence-electron chi connectivity index (χ2n) is 17.4. The van der Waals surface area contributed by atoms with Crippen molar-refractivity contribution < 1.29 is 37.8 Å². The Morgan fingerprint density at radius 2 is 0.737 bits per heavy atom. The molecule has 4 rings (SSSR count). The molecule has 1 aromatic rings. The van der Waals surface area contributed by atoms with Gasteiger partial charge in [-0.3, -0.25) is 0 Å². The van der Waals surface area contributed by atoms with Gasteiger partial charge in [0.15, 0.2) is 24.5 Å². The molecule has 3 aliphatic rings. The fourth-order valence-electron chi connectivity index (χ4n) is 8.43. The zero-order chi connectivity index (χ0) is 43.9. The van der Waals surface area contributed by atoms with Gasteiger partial charge in [0.1, 0.15) is 15.7 Å². The lowest BCUT2D eigenvalue weighted by atomic mass is 9.76. The van der Waals surface area contributed by atoms with Crippen LogP contribution in [0.5, 0.6) is 17.2 Å². The minimum absolute atomic E-state index is 0.244. The van der Waals surface area contributed by atoms with Crippen molar-refractivity contribution in [2.24, 2.45) is 35.5 Å². The molecule has 0 aromatic heterocycles. The predicted molar refractivity (Wildman–Crippen MR) is 235 cm³/mol. The van der Waals surface area contributed by atoms with Crippen LogP contribution < -0.4 is 12.5 Å². The monoisotopic (exact) mass is 1040 g/mol. The number of para-hydroxylation sites is 1. The van der Waals surface area contributed by atoms with Gasteiger partial charge in [-0.05, 0) is 107 Å². The molecule has 0 aliphatic heterocycles. The van der Waals surface area contributed by atoms with Crippen molar-refractivity contribution in [2.75, 3.05) is 0 Å². The summed E-state index contributed by atoms with van der Waals surface area (Å²) in [5.74, 6) is -5.52. The van der Waals surface area contributed by atoms with Gasteiger partial charge in [0.25, 0.3) is 0 Å². The molecule has 0 bridgehead atoms. The second kappa shape index (κ2) is 16.9. The summed E-state index contributed by atoms with van der Waals surface area (Å²) < 4.78 is 98.3. The zero-order valence-electron chi connectivity index (χ0n) is 33.0. The van der Waals surface area contributed by atoms with E-state index in [0.29, 0.717) is 12.8 Å². The maximum atomic E-state index is 14.7. The highest BCUT2D eigenvalue weighted by Gasteiger charge is 2.65. The molecule has 0 radical (unpaired) electrons. The SMILES string of the molecule is CC(C)C1CCC(C)(Cl)C(Cl)(Cl)C1S(=O)(=O)Oc1cccc(OS(=O)(=O)C2C(C(C)C)CCC(C)(Cl)C2(Cl)Cl)c1OS(=O)(=O)C1C(C(C)C)CCC(C)(Cl)C1(Cl)Cl. The molecule has 3 aliphatic carbocycles. The van der Waals surface area contributed by atoms with E-state index in [1.54, 1.807) is 41.5 Å². The second-order valence-corrected chi connectivity index (χ2v) is 29.0. The van der Waals surface area contributed by atoms with Crippen molar-refractivity contribution in [2.45, 2.75) is 144 Å². The standard InChI is InChI=1S/C36H51Cl9O9S3/c1-19(2)22-13-16-31(7,37)34(40,41)28(22)55(46,47)52-25-11-10-12-26(53-56(48,49)29-23(20(3)4)14-17-32(8,38)35(29,42)43)27(25)54-57(50,51)30-24(21(5)6)15-18-33(9,39)36(30,44)45/h10-12,19-24,28-30H,13-18H2,1-9H3. The van der Waals surface area contributed by atoms with E-state index in [1.165, 1.54) is 26.8 Å². The minimum Gasteiger partial charge on any atom is -0.378 e. The normalized spacial score (nSPS) is 35.9. The highest BCUT2D eigenvalue weighted by Crippen LogP contribution is 2.59. The summed E-state index contributed by atoms with van der Waals surface area (Å²) in [4.78, 5) is -4.34. The van der Waals surface area contributed by atoms with Crippen LogP contribution in [0.4, 0.5) is 0 Å². The fourth-order valence-corrected chi connectivity index (χ4v) is 18.8. The van der Waals surface area contributed by atoms with E-state index < -0.39 is 109 Å². The molecule has 1 aromatic carbocycles. The van der Waals surface area contributed by atoms with Crippen molar-refractivity contribution in [3.63, 3.8) is 0 Å². The summed E-state index contributed by atoms with van der Waals surface area (Å²) in [5, 5.41) is -5.05. The van der Waals surface area contributed by atoms with E-state index >= 15 is 0 Å². The van der Waals surface area contributed by atoms with Gasteiger partial charge in [-0.25, -0.2) is 0 Å². The number of alkyl halides is 9. The Balaban J connectivity index is 1.97. The topological polar surface area (TPSA) is 130 Å². The van der Waals surface area contributed by atoms with Crippen molar-refractivity contribution in [1.29, 1.82) is 0 Å². The average molecular weight is 1040 g/mol. The fraction of sp³-hybridized carbons (Fsp3) is 0.833. The highest BCUT2D eigenvalue weighted by molar-refractivity contribution is 7.88. The smallest absolute Gasteiger partial charge is 0.315 e. The Bertz CT molecular complexity index is 1890. The summed E-state index contributed by atoms with van der Waals surface area (Å²) in [7, 11) is -15.0. The molecule has 3 fully saturated rings. The number of hydrogen-bond acceptors (Lipinski definition) is 9. The lowest BCUT2D eigenvalue weighted by Gasteiger charge is -2.49. The Labute approximate surface area is 384 Å². The van der Waals surface area contributed by atoms with E-state index in [1.807, 2.05) is 0 Å². The molecule has 3 saturated carbocycles. The number of rotatable bonds is 12. The minimum atomic E-state index is -5.09. The number of benzene rings is 1. The Morgan fingerprint density at radius 3 is 0.982 bits per heavy atom. The van der Waals surface area contributed by atoms with E-state index in [-0.39, 0.29) is 43.4 Å². The molecule has 9 atom stereocenters. The van der Waals surface area contributed by atoms with Crippen molar-refractivity contribution in [3.05, 3.63) is 18.2 Å². The first-order valence-electron chi connectivity index (χ1n) is 18.6. The molecule has 9 unspecified atom stereocenters. The molecule has 0 heterocycles. The van der Waals surface area contributed by atoms with Crippen LogP contribution in [0.1, 0.15) is 101 Å². The van der Waals surface area contributed by atoms with Crippen LogP contribution in [0.15, 0.2) is 18.2 Å². The van der Waals surface area contributed by atoms with Crippen molar-refractivity contribution >= 4 is 135 Å². The molecule has 0 amide bonds. The quantitative estimate of drug-likeness (QED) is 0.148. The van der Waals surface area contributed by atoms with Gasteiger partial charge in [-0.2, -0.15) is 25.3 Å². The largest absolute Gasteiger partial charge is 0.378 e. The summed E-state index contributed by atoms with van der Waals surface area (Å²) in [6.45, 7) is 15.2. The van der Waals surface area contributed by atoms with Crippen LogP contribution in [0.3, 0.4) is 0 Å². The van der Waals surface area contributed by atoms with Crippen molar-refractivity contribution in [3.8, 4) is 17.2 Å². The number of halogens is 9. The molecule has 330 valence electrons. The van der Waals surface area contributed by atoms with E-state index in [0.717, 1.165) is 12.1 Å². The van der Waals surface area contributed by atoms with Crippen LogP contribution in [0.25, 0.3) is 0 Å². The molecule has 0 saturated heterocycles. The first-order chi connectivity index (χ1) is 25.5. The van der Waals surface area contributed by atoms with Gasteiger partial charge in [0.05, 0.1) is 14.6 Å². The van der Waals surface area contributed by atoms with E-state index in [4.69, 9.17) is 117 Å². The van der Waals surface area contributed by atoms with Crippen LogP contribution in [-0.2, 0) is 30.4 Å². The summed E-state index contributed by atoms with van der Waals surface area (Å²) in [6.07, 6.45) is 1.64. The molecular weight excluding hydrogens is 992 g/mol. The van der Waals surface area contributed by atoms with Gasteiger partial charge in [-0.15, -0.1) is 34.8 Å². The summed E-state index contributed by atoms with van der Waals surface area (Å²) >= 11 is 61.3. The molecule has 21 heteroatoms. The Morgan fingerprint density at radius 1 is 0.491 bits per heavy atom. The third kappa shape index (κ3) is 9.49. The highest BCUT2D eigenvalue weighted by atomic mass is 35.5. The van der Waals surface area contributed by atoms with Gasteiger partial charge in [0, 0.05) is 0 Å². The average Bonchev–Trinajstić information content (AvgIpc) is 3.01. The first-order valence-corrected chi connectivity index (χ1v) is 26.4. The van der Waals surface area contributed by atoms with Crippen LogP contribution >= 0.6 is 104 Å². The maximum Gasteiger partial charge on any atom is 0.315 e. The summed E-state index contributed by atoms with van der Waals surface area (Å²) in [6, 6.07) is 3.29. The molecule has 9 nitrogen and oxygen atoms in total. The lowest BCUT2D eigenvalue weighted by molar-refractivity contribution is 0.227. The Hall–Kier alpha value is 1.08. The van der Waals surface area contributed by atoms with Gasteiger partial charge >= 0.3 is 30.4 Å². The van der Waals surface area contributed by atoms with E-state index in [2.05, 4.69) is 0 Å². The molecule has 0 N–H and O–H groups in total. The molecule has 0 spiro atoms. The molecule has 57 heavy (non-hydrogen) atoms. The van der Waals surface area contributed by atoms with Crippen LogP contribution in [0.2, 0.25) is 0 Å². The van der Waals surface area contributed by atoms with Gasteiger partial charge in [-0.1, -0.05) is 117 Å². The van der Waals surface area contributed by atoms with Crippen LogP contribution in [0, 0.1) is 35.5 Å². The Kier molecular flexibility index (Phi) is 15.0. The van der Waals surface area contributed by atoms with E-state index in [9.17, 15) is 25.3 Å². The zero-order valence-corrected chi connectivity index (χ0v) is 42.2. The van der Waals surface area contributed by atoms with Crippen LogP contribution in [-0.4, -0.2) is 68.6 Å². The van der Waals surface area contributed by atoms with Gasteiger partial charge in [0.2, 0.25) is 5.75 Å². The lowest BCUT2D eigenvalue weighted by Crippen LogP contribution is -2.60. The first kappa shape index (κ1) is 50.7.